The van der Waals surface area contributed by atoms with E-state index in [1.807, 2.05) is 19.1 Å². The second kappa shape index (κ2) is 10.4. The number of fused-ring (bicyclic) bond motifs is 1. The van der Waals surface area contributed by atoms with Crippen molar-refractivity contribution >= 4 is 17.5 Å². The Hall–Kier alpha value is -2.85. The summed E-state index contributed by atoms with van der Waals surface area (Å²) < 4.78 is 31.6. The summed E-state index contributed by atoms with van der Waals surface area (Å²) in [5, 5.41) is 5.47. The van der Waals surface area contributed by atoms with Gasteiger partial charge in [0.2, 0.25) is 0 Å². The largest absolute Gasteiger partial charge is 0.377 e. The summed E-state index contributed by atoms with van der Waals surface area (Å²) in [5.74, 6) is 1.41. The number of benzene rings is 1. The monoisotopic (exact) mass is 460 g/mol. The number of urea groups is 1. The minimum absolute atomic E-state index is 0.161. The number of nitrogens with one attached hydrogen (secondary N) is 2. The Morgan fingerprint density at radius 3 is 2.73 bits per heavy atom. The molecule has 33 heavy (non-hydrogen) atoms. The first-order valence-electron chi connectivity index (χ1n) is 11.3. The van der Waals surface area contributed by atoms with Gasteiger partial charge in [-0.3, -0.25) is 4.90 Å². The van der Waals surface area contributed by atoms with Crippen molar-refractivity contribution in [1.82, 2.24) is 20.2 Å². The Labute approximate surface area is 192 Å². The van der Waals surface area contributed by atoms with Crippen LogP contribution in [-0.2, 0) is 17.7 Å². The number of rotatable bonds is 6. The van der Waals surface area contributed by atoms with E-state index in [0.717, 1.165) is 29.2 Å². The van der Waals surface area contributed by atoms with Crippen LogP contribution in [0.1, 0.15) is 25.1 Å². The normalized spacial score (nSPS) is 18.8. The Balaban J connectivity index is 1.66. The van der Waals surface area contributed by atoms with Gasteiger partial charge in [-0.25, -0.2) is 23.5 Å². The average Bonchev–Trinajstić information content (AvgIpc) is 2.79. The third-order valence-corrected chi connectivity index (χ3v) is 5.90. The summed E-state index contributed by atoms with van der Waals surface area (Å²) in [6.45, 7) is 7.12. The van der Waals surface area contributed by atoms with Crippen LogP contribution >= 0.6 is 0 Å². The molecule has 4 rings (SSSR count). The highest BCUT2D eigenvalue weighted by Crippen LogP contribution is 2.31. The molecular weight excluding hydrogens is 430 g/mol. The Bertz CT molecular complexity index is 972. The second-order valence-corrected chi connectivity index (χ2v) is 8.35. The lowest BCUT2D eigenvalue weighted by Gasteiger charge is -2.37. The molecule has 2 aromatic rings. The van der Waals surface area contributed by atoms with Gasteiger partial charge in [0.05, 0.1) is 31.5 Å². The molecule has 1 fully saturated rings. The highest BCUT2D eigenvalue weighted by atomic mass is 19.3. The number of ether oxygens (including phenoxy) is 1. The number of carbonyl (C=O) groups excluding carboxylic acids is 1. The minimum atomic E-state index is -2.38. The molecule has 1 aromatic carbocycles. The van der Waals surface area contributed by atoms with E-state index in [2.05, 4.69) is 22.5 Å². The maximum atomic E-state index is 13.0. The number of halogens is 2. The van der Waals surface area contributed by atoms with Gasteiger partial charge < -0.3 is 20.3 Å². The van der Waals surface area contributed by atoms with Gasteiger partial charge in [0, 0.05) is 43.0 Å². The second-order valence-electron chi connectivity index (χ2n) is 8.35. The van der Waals surface area contributed by atoms with Crippen LogP contribution in [0.3, 0.4) is 0 Å². The van der Waals surface area contributed by atoms with Crippen LogP contribution < -0.4 is 15.5 Å². The summed E-state index contributed by atoms with van der Waals surface area (Å²) >= 11 is 0. The smallest absolute Gasteiger partial charge is 0.319 e. The lowest BCUT2D eigenvalue weighted by atomic mass is 10.0. The number of alkyl halides is 2. The molecule has 10 heteroatoms. The molecule has 2 N–H and O–H groups in total. The Kier molecular flexibility index (Phi) is 7.34. The first kappa shape index (κ1) is 23.3. The first-order valence-corrected chi connectivity index (χ1v) is 11.3. The lowest BCUT2D eigenvalue weighted by Crippen LogP contribution is -2.45. The van der Waals surface area contributed by atoms with Gasteiger partial charge in [-0.15, -0.1) is 0 Å². The SMILES string of the molecule is CCNC(=O)Nc1ccc(-c2nc3c(c(N4CCOC[C@@H]4C)n2)CCN(CC(F)F)C3)cc1. The van der Waals surface area contributed by atoms with Crippen LogP contribution in [0.5, 0.6) is 0 Å². The maximum absolute atomic E-state index is 13.0. The van der Waals surface area contributed by atoms with E-state index in [0.29, 0.717) is 50.8 Å². The molecule has 8 nitrogen and oxygen atoms in total. The van der Waals surface area contributed by atoms with E-state index < -0.39 is 6.43 Å². The van der Waals surface area contributed by atoms with Crippen molar-refractivity contribution < 1.29 is 18.3 Å². The van der Waals surface area contributed by atoms with E-state index in [1.165, 1.54) is 0 Å². The number of amides is 2. The number of nitrogens with zero attached hydrogens (tertiary/aromatic N) is 4. The molecule has 0 bridgehead atoms. The van der Waals surface area contributed by atoms with E-state index in [4.69, 9.17) is 14.7 Å². The van der Waals surface area contributed by atoms with Crippen LogP contribution in [0.15, 0.2) is 24.3 Å². The highest BCUT2D eigenvalue weighted by molar-refractivity contribution is 5.89. The summed E-state index contributed by atoms with van der Waals surface area (Å²) in [6, 6.07) is 7.21. The summed E-state index contributed by atoms with van der Waals surface area (Å²) in [5.41, 5.74) is 3.29. The van der Waals surface area contributed by atoms with Crippen molar-refractivity contribution in [3.8, 4) is 11.4 Å². The zero-order valence-electron chi connectivity index (χ0n) is 19.0. The Morgan fingerprint density at radius 1 is 1.24 bits per heavy atom. The predicted octanol–water partition coefficient (Wildman–Crippen LogP) is 3.13. The summed E-state index contributed by atoms with van der Waals surface area (Å²) in [6.07, 6.45) is -1.74. The number of morpholine rings is 1. The Morgan fingerprint density at radius 2 is 2.03 bits per heavy atom. The molecule has 178 valence electrons. The van der Waals surface area contributed by atoms with Crippen molar-refractivity contribution in [2.45, 2.75) is 39.3 Å². The van der Waals surface area contributed by atoms with Crippen LogP contribution in [0, 0.1) is 0 Å². The van der Waals surface area contributed by atoms with Crippen molar-refractivity contribution in [3.05, 3.63) is 35.5 Å². The summed E-state index contributed by atoms with van der Waals surface area (Å²) in [7, 11) is 0. The number of hydrogen-bond donors (Lipinski definition) is 2. The highest BCUT2D eigenvalue weighted by Gasteiger charge is 2.29. The molecule has 3 heterocycles. The molecule has 1 atom stereocenters. The first-order chi connectivity index (χ1) is 15.9. The fraction of sp³-hybridized carbons (Fsp3) is 0.522. The molecule has 2 aliphatic heterocycles. The minimum Gasteiger partial charge on any atom is -0.377 e. The number of carbonyl (C=O) groups is 1. The predicted molar refractivity (Wildman–Crippen MR) is 123 cm³/mol. The van der Waals surface area contributed by atoms with Crippen molar-refractivity contribution in [1.29, 1.82) is 0 Å². The van der Waals surface area contributed by atoms with Crippen molar-refractivity contribution in [3.63, 3.8) is 0 Å². The van der Waals surface area contributed by atoms with Gasteiger partial charge in [-0.2, -0.15) is 0 Å². The molecule has 2 aliphatic rings. The molecule has 0 aliphatic carbocycles. The zero-order chi connectivity index (χ0) is 23.4. The standard InChI is InChI=1S/C23H30F2N6O2/c1-3-26-23(32)27-17-6-4-16(5-7-17)21-28-19-12-30(13-20(24)25)9-8-18(19)22(29-21)31-10-11-33-14-15(31)2/h4-7,15,20H,3,8-14H2,1-2H3,(H2,26,27,32)/t15-/m0/s1. The van der Waals surface area contributed by atoms with E-state index in [1.54, 1.807) is 17.0 Å². The molecule has 0 radical (unpaired) electrons. The van der Waals surface area contributed by atoms with Crippen LogP contribution in [0.25, 0.3) is 11.4 Å². The molecule has 0 saturated carbocycles. The van der Waals surface area contributed by atoms with E-state index in [9.17, 15) is 13.6 Å². The van der Waals surface area contributed by atoms with Gasteiger partial charge in [0.25, 0.3) is 6.43 Å². The van der Waals surface area contributed by atoms with Gasteiger partial charge in [0.15, 0.2) is 5.82 Å². The molecule has 0 spiro atoms. The number of anilines is 2. The van der Waals surface area contributed by atoms with Crippen molar-refractivity contribution in [2.75, 3.05) is 49.6 Å². The molecule has 1 saturated heterocycles. The van der Waals surface area contributed by atoms with Gasteiger partial charge in [-0.05, 0) is 44.5 Å². The third kappa shape index (κ3) is 5.56. The average molecular weight is 461 g/mol. The zero-order valence-corrected chi connectivity index (χ0v) is 19.0. The van der Waals surface area contributed by atoms with Crippen LogP contribution in [0.2, 0.25) is 0 Å². The third-order valence-electron chi connectivity index (χ3n) is 5.90. The van der Waals surface area contributed by atoms with Crippen LogP contribution in [-0.4, -0.2) is 72.8 Å². The van der Waals surface area contributed by atoms with Gasteiger partial charge in [-0.1, -0.05) is 0 Å². The van der Waals surface area contributed by atoms with E-state index >= 15 is 0 Å². The maximum Gasteiger partial charge on any atom is 0.319 e. The quantitative estimate of drug-likeness (QED) is 0.689. The van der Waals surface area contributed by atoms with Gasteiger partial charge in [0.1, 0.15) is 5.82 Å². The lowest BCUT2D eigenvalue weighted by molar-refractivity contribution is 0.0809. The molecule has 1 aromatic heterocycles. The molecule has 0 unspecified atom stereocenters. The van der Waals surface area contributed by atoms with Crippen LogP contribution in [0.4, 0.5) is 25.1 Å². The van der Waals surface area contributed by atoms with Gasteiger partial charge >= 0.3 is 6.03 Å². The molecule has 2 amide bonds. The fourth-order valence-corrected chi connectivity index (χ4v) is 4.26. The topological polar surface area (TPSA) is 82.6 Å². The van der Waals surface area contributed by atoms with Crippen molar-refractivity contribution in [2.24, 2.45) is 0 Å². The number of aromatic nitrogens is 2. The summed E-state index contributed by atoms with van der Waals surface area (Å²) in [4.78, 5) is 25.5. The van der Waals surface area contributed by atoms with E-state index in [-0.39, 0.29) is 18.6 Å². The fourth-order valence-electron chi connectivity index (χ4n) is 4.26. The number of hydrogen-bond acceptors (Lipinski definition) is 6. The molecular formula is C23H30F2N6O2.